The van der Waals surface area contributed by atoms with Crippen LogP contribution < -0.4 is 0 Å². The van der Waals surface area contributed by atoms with Crippen molar-refractivity contribution in [3.63, 3.8) is 0 Å². The molecule has 2 aromatic heterocycles. The first kappa shape index (κ1) is 33.1. The predicted octanol–water partition coefficient (Wildman–Crippen LogP) is 13.9. The molecule has 2 aliphatic carbocycles. The van der Waals surface area contributed by atoms with Gasteiger partial charge < -0.3 is 4.42 Å². The Labute approximate surface area is 346 Å². The van der Waals surface area contributed by atoms with E-state index in [9.17, 15) is 0 Å². The van der Waals surface area contributed by atoms with Gasteiger partial charge in [-0.3, -0.25) is 0 Å². The van der Waals surface area contributed by atoms with Crippen molar-refractivity contribution in [2.24, 2.45) is 0 Å². The Morgan fingerprint density at radius 2 is 0.800 bits per heavy atom. The fourth-order valence-electron chi connectivity index (χ4n) is 10.3. The van der Waals surface area contributed by atoms with Gasteiger partial charge in [-0.25, -0.2) is 15.0 Å². The SMILES string of the molecule is c1ccc(-c2cccc3ccccc23)c(-c2nc(-c3ccc4c(c3)-c3ccccc3C43c4ccccc4-c4ccccc43)nc(-c3cccc4c3oc3ccccc34)n2)c1. The molecule has 0 bridgehead atoms. The van der Waals surface area contributed by atoms with E-state index in [1.54, 1.807) is 0 Å². The van der Waals surface area contributed by atoms with E-state index in [2.05, 4.69) is 182 Å². The molecular weight excluding hydrogens is 731 g/mol. The normalized spacial score (nSPS) is 13.1. The first-order valence-corrected chi connectivity index (χ1v) is 20.4. The van der Waals surface area contributed by atoms with Gasteiger partial charge in [0.1, 0.15) is 11.2 Å². The summed E-state index contributed by atoms with van der Waals surface area (Å²) in [4.78, 5) is 16.0. The molecule has 13 rings (SSSR count). The van der Waals surface area contributed by atoms with Crippen LogP contribution in [0, 0.1) is 0 Å². The molecule has 0 fully saturated rings. The number of hydrogen-bond donors (Lipinski definition) is 0. The molecule has 4 nitrogen and oxygen atoms in total. The van der Waals surface area contributed by atoms with Crippen LogP contribution in [-0.4, -0.2) is 15.0 Å². The summed E-state index contributed by atoms with van der Waals surface area (Å²) in [6, 6.07) is 71.4. The Bertz CT molecular complexity index is 3530. The summed E-state index contributed by atoms with van der Waals surface area (Å²) < 4.78 is 6.58. The van der Waals surface area contributed by atoms with Crippen molar-refractivity contribution < 1.29 is 4.42 Å². The van der Waals surface area contributed by atoms with Crippen molar-refractivity contribution in [3.05, 3.63) is 222 Å². The third kappa shape index (κ3) is 4.53. The van der Waals surface area contributed by atoms with E-state index in [0.29, 0.717) is 17.5 Å². The lowest BCUT2D eigenvalue weighted by molar-refractivity contribution is 0.669. The lowest BCUT2D eigenvalue weighted by Gasteiger charge is -2.30. The summed E-state index contributed by atoms with van der Waals surface area (Å²) in [5.41, 5.74) is 16.2. The Kier molecular flexibility index (Phi) is 6.90. The number of benzene rings is 9. The number of hydrogen-bond acceptors (Lipinski definition) is 4. The zero-order valence-electron chi connectivity index (χ0n) is 32.3. The second-order valence-corrected chi connectivity index (χ2v) is 15.8. The number of rotatable bonds is 4. The first-order valence-electron chi connectivity index (χ1n) is 20.4. The topological polar surface area (TPSA) is 51.8 Å². The third-order valence-corrected chi connectivity index (χ3v) is 12.8. The maximum Gasteiger partial charge on any atom is 0.167 e. The number of nitrogens with zero attached hydrogens (tertiary/aromatic N) is 3. The monoisotopic (exact) mass is 763 g/mol. The van der Waals surface area contributed by atoms with E-state index in [0.717, 1.165) is 49.8 Å². The fraction of sp³-hybridized carbons (Fsp3) is 0.0179. The van der Waals surface area contributed by atoms with Crippen LogP contribution >= 0.6 is 0 Å². The lowest BCUT2D eigenvalue weighted by atomic mass is 9.70. The maximum absolute atomic E-state index is 6.58. The zero-order valence-corrected chi connectivity index (χ0v) is 32.3. The molecule has 0 saturated carbocycles. The summed E-state index contributed by atoms with van der Waals surface area (Å²) in [7, 11) is 0. The van der Waals surface area contributed by atoms with Crippen molar-refractivity contribution >= 4 is 32.7 Å². The summed E-state index contributed by atoms with van der Waals surface area (Å²) in [6.45, 7) is 0. The van der Waals surface area contributed by atoms with Crippen molar-refractivity contribution in [2.45, 2.75) is 5.41 Å². The number of fused-ring (bicyclic) bond motifs is 14. The molecule has 0 N–H and O–H groups in total. The minimum atomic E-state index is -0.429. The fourth-order valence-corrected chi connectivity index (χ4v) is 10.3. The molecule has 0 atom stereocenters. The standard InChI is InChI=1S/C56H33N3O/c1-2-17-36-34(15-1)16-13-24-37(36)38-18-3-4-23-44(38)54-57-53(58-55(59-54)45-26-14-25-43-42-22-8-12-30-51(42)60-52(43)45)35-31-32-50-46(33-35)41-21-7-11-29-49(41)56(50)47-27-9-5-19-39(47)40-20-6-10-28-48(40)56/h1-33H. The van der Waals surface area contributed by atoms with Gasteiger partial charge in [0.25, 0.3) is 0 Å². The molecule has 9 aromatic carbocycles. The van der Waals surface area contributed by atoms with Crippen LogP contribution in [0.2, 0.25) is 0 Å². The molecule has 2 heterocycles. The molecule has 0 aliphatic heterocycles. The van der Waals surface area contributed by atoms with Crippen molar-refractivity contribution in [3.8, 4) is 67.5 Å². The summed E-state index contributed by atoms with van der Waals surface area (Å²) in [6.07, 6.45) is 0. The molecule has 4 heteroatoms. The van der Waals surface area contributed by atoms with E-state index < -0.39 is 5.41 Å². The summed E-state index contributed by atoms with van der Waals surface area (Å²) in [5.74, 6) is 1.76. The van der Waals surface area contributed by atoms with Crippen molar-refractivity contribution in [1.82, 2.24) is 15.0 Å². The Morgan fingerprint density at radius 3 is 1.55 bits per heavy atom. The molecule has 0 unspecified atom stereocenters. The number of para-hydroxylation sites is 2. The van der Waals surface area contributed by atoms with Crippen LogP contribution in [0.5, 0.6) is 0 Å². The molecule has 2 aliphatic rings. The molecule has 278 valence electrons. The molecular formula is C56H33N3O. The van der Waals surface area contributed by atoms with E-state index in [1.807, 2.05) is 18.2 Å². The third-order valence-electron chi connectivity index (χ3n) is 12.8. The Hall–Kier alpha value is -7.95. The molecule has 0 saturated heterocycles. The van der Waals surface area contributed by atoms with E-state index in [1.165, 1.54) is 55.3 Å². The van der Waals surface area contributed by atoms with Gasteiger partial charge in [0.2, 0.25) is 0 Å². The van der Waals surface area contributed by atoms with E-state index in [4.69, 9.17) is 19.4 Å². The maximum atomic E-state index is 6.58. The minimum Gasteiger partial charge on any atom is -0.455 e. The largest absolute Gasteiger partial charge is 0.455 e. The first-order chi connectivity index (χ1) is 29.8. The zero-order chi connectivity index (χ0) is 39.4. The smallest absolute Gasteiger partial charge is 0.167 e. The second kappa shape index (κ2) is 12.5. The quantitative estimate of drug-likeness (QED) is 0.179. The van der Waals surface area contributed by atoms with Crippen LogP contribution in [0.3, 0.4) is 0 Å². The van der Waals surface area contributed by atoms with Gasteiger partial charge in [-0.2, -0.15) is 0 Å². The van der Waals surface area contributed by atoms with Gasteiger partial charge in [0.05, 0.1) is 11.0 Å². The van der Waals surface area contributed by atoms with Crippen molar-refractivity contribution in [2.75, 3.05) is 0 Å². The highest BCUT2D eigenvalue weighted by Gasteiger charge is 2.51. The van der Waals surface area contributed by atoms with E-state index >= 15 is 0 Å². The lowest BCUT2D eigenvalue weighted by Crippen LogP contribution is -2.25. The summed E-state index contributed by atoms with van der Waals surface area (Å²) >= 11 is 0. The average Bonchev–Trinajstić information content (AvgIpc) is 3.95. The van der Waals surface area contributed by atoms with Gasteiger partial charge in [-0.05, 0) is 84.6 Å². The van der Waals surface area contributed by atoms with Gasteiger partial charge >= 0.3 is 0 Å². The molecule has 60 heavy (non-hydrogen) atoms. The minimum absolute atomic E-state index is 0.429. The summed E-state index contributed by atoms with van der Waals surface area (Å²) in [5, 5.41) is 4.45. The average molecular weight is 764 g/mol. The van der Waals surface area contributed by atoms with Crippen LogP contribution in [0.15, 0.2) is 205 Å². The molecule has 0 radical (unpaired) electrons. The van der Waals surface area contributed by atoms with Gasteiger partial charge in [-0.15, -0.1) is 0 Å². The van der Waals surface area contributed by atoms with Crippen LogP contribution in [-0.2, 0) is 5.41 Å². The van der Waals surface area contributed by atoms with E-state index in [-0.39, 0.29) is 0 Å². The second-order valence-electron chi connectivity index (χ2n) is 15.8. The van der Waals surface area contributed by atoms with Crippen LogP contribution in [0.4, 0.5) is 0 Å². The predicted molar refractivity (Wildman–Crippen MR) is 243 cm³/mol. The van der Waals surface area contributed by atoms with Gasteiger partial charge in [0, 0.05) is 21.9 Å². The highest BCUT2D eigenvalue weighted by atomic mass is 16.3. The van der Waals surface area contributed by atoms with Crippen molar-refractivity contribution in [1.29, 1.82) is 0 Å². The Balaban J connectivity index is 1.07. The van der Waals surface area contributed by atoms with Gasteiger partial charge in [0.15, 0.2) is 17.5 Å². The molecule has 0 amide bonds. The number of furan rings is 1. The van der Waals surface area contributed by atoms with Crippen LogP contribution in [0.1, 0.15) is 22.3 Å². The van der Waals surface area contributed by atoms with Gasteiger partial charge in [-0.1, -0.05) is 182 Å². The van der Waals surface area contributed by atoms with Crippen LogP contribution in [0.25, 0.3) is 100 Å². The highest BCUT2D eigenvalue weighted by molar-refractivity contribution is 6.09. The molecule has 11 aromatic rings. The Morgan fingerprint density at radius 1 is 0.317 bits per heavy atom. The molecule has 1 spiro atoms. The number of aromatic nitrogens is 3. The highest BCUT2D eigenvalue weighted by Crippen LogP contribution is 2.63.